The second-order valence-corrected chi connectivity index (χ2v) is 3.05. The molecule has 0 aliphatic carbocycles. The molecule has 0 aromatic carbocycles. The Morgan fingerprint density at radius 2 is 2.20 bits per heavy atom. The van der Waals surface area contributed by atoms with Crippen LogP contribution >= 0.6 is 0 Å². The van der Waals surface area contributed by atoms with Gasteiger partial charge in [-0.25, -0.2) is 0 Å². The summed E-state index contributed by atoms with van der Waals surface area (Å²) in [5.74, 6) is 0. The van der Waals surface area contributed by atoms with Gasteiger partial charge in [-0.15, -0.1) is 0 Å². The van der Waals surface area contributed by atoms with E-state index in [-0.39, 0.29) is 0 Å². The second-order valence-electron chi connectivity index (χ2n) is 3.05. The van der Waals surface area contributed by atoms with Crippen LogP contribution in [0.2, 0.25) is 0 Å². The number of allylic oxidation sites excluding steroid dienone is 2. The van der Waals surface area contributed by atoms with Crippen molar-refractivity contribution in [3.05, 3.63) is 11.6 Å². The normalized spacial score (nSPS) is 32.5. The van der Waals surface area contributed by atoms with E-state index in [9.17, 15) is 0 Å². The van der Waals surface area contributed by atoms with Gasteiger partial charge in [0.2, 0.25) is 0 Å². The number of hydrogen-bond donors (Lipinski definition) is 0. The highest BCUT2D eigenvalue weighted by Gasteiger charge is 2.32. The highest BCUT2D eigenvalue weighted by atomic mass is 16.6. The zero-order chi connectivity index (χ0) is 7.56. The predicted octanol–water partition coefficient (Wildman–Crippen LogP) is 2.52. The molecule has 10 heavy (non-hydrogen) atoms. The van der Waals surface area contributed by atoms with Crippen molar-refractivity contribution in [1.29, 1.82) is 0 Å². The Labute approximate surface area is 63.1 Å². The number of ether oxygens (including phenoxy) is 1. The molecular formula is C9H16O. The third-order valence-corrected chi connectivity index (χ3v) is 2.15. The van der Waals surface area contributed by atoms with Crippen LogP contribution in [-0.4, -0.2) is 12.2 Å². The minimum atomic E-state index is 0.532. The number of epoxide rings is 1. The fourth-order valence-corrected chi connectivity index (χ4v) is 1.05. The molecule has 0 amide bonds. The first-order valence-corrected chi connectivity index (χ1v) is 4.01. The monoisotopic (exact) mass is 140 g/mol. The largest absolute Gasteiger partial charge is 0.370 e. The zero-order valence-electron chi connectivity index (χ0n) is 7.05. The van der Waals surface area contributed by atoms with E-state index in [4.69, 9.17) is 4.74 Å². The molecule has 1 saturated heterocycles. The lowest BCUT2D eigenvalue weighted by atomic mass is 10.1. The topological polar surface area (TPSA) is 12.5 Å². The summed E-state index contributed by atoms with van der Waals surface area (Å²) in [5, 5.41) is 0. The summed E-state index contributed by atoms with van der Waals surface area (Å²) >= 11 is 0. The average Bonchev–Trinajstić information content (AvgIpc) is 2.61. The first kappa shape index (κ1) is 7.80. The van der Waals surface area contributed by atoms with Gasteiger partial charge in [0.25, 0.3) is 0 Å². The van der Waals surface area contributed by atoms with Crippen molar-refractivity contribution in [1.82, 2.24) is 0 Å². The van der Waals surface area contributed by atoms with Crippen LogP contribution in [0.15, 0.2) is 11.6 Å². The van der Waals surface area contributed by atoms with Crippen LogP contribution in [0, 0.1) is 0 Å². The van der Waals surface area contributed by atoms with Gasteiger partial charge in [0.1, 0.15) is 0 Å². The summed E-state index contributed by atoms with van der Waals surface area (Å²) in [6, 6.07) is 0. The summed E-state index contributed by atoms with van der Waals surface area (Å²) < 4.78 is 5.28. The van der Waals surface area contributed by atoms with Crippen LogP contribution in [0.1, 0.15) is 33.6 Å². The van der Waals surface area contributed by atoms with E-state index in [1.807, 2.05) is 0 Å². The quantitative estimate of drug-likeness (QED) is 0.433. The summed E-state index contributed by atoms with van der Waals surface area (Å²) in [4.78, 5) is 0. The fraction of sp³-hybridized carbons (Fsp3) is 0.778. The van der Waals surface area contributed by atoms with E-state index in [0.29, 0.717) is 12.2 Å². The standard InChI is InChI=1S/C9H16O/c1-4-7(2)5-6-9-8(3)10-9/h4,8-9H,5-6H2,1-3H3/b7-4+/t8-,9+/m1/s1. The van der Waals surface area contributed by atoms with E-state index in [1.54, 1.807) is 0 Å². The van der Waals surface area contributed by atoms with Crippen LogP contribution in [0.4, 0.5) is 0 Å². The highest BCUT2D eigenvalue weighted by molar-refractivity contribution is 4.97. The molecule has 0 aromatic rings. The lowest BCUT2D eigenvalue weighted by Gasteiger charge is -1.95. The van der Waals surface area contributed by atoms with Crippen LogP contribution < -0.4 is 0 Å². The van der Waals surface area contributed by atoms with E-state index in [0.717, 1.165) is 0 Å². The Morgan fingerprint density at radius 3 is 2.60 bits per heavy atom. The van der Waals surface area contributed by atoms with Crippen LogP contribution in [0.25, 0.3) is 0 Å². The smallest absolute Gasteiger partial charge is 0.0842 e. The molecule has 0 aromatic heterocycles. The first-order valence-electron chi connectivity index (χ1n) is 4.01. The number of rotatable bonds is 3. The van der Waals surface area contributed by atoms with Crippen molar-refractivity contribution in [2.75, 3.05) is 0 Å². The molecule has 0 unspecified atom stereocenters. The molecule has 1 rings (SSSR count). The maximum atomic E-state index is 5.28. The van der Waals surface area contributed by atoms with Gasteiger partial charge in [0, 0.05) is 0 Å². The van der Waals surface area contributed by atoms with Crippen molar-refractivity contribution in [2.24, 2.45) is 0 Å². The summed E-state index contributed by atoms with van der Waals surface area (Å²) in [6.45, 7) is 6.40. The van der Waals surface area contributed by atoms with Crippen molar-refractivity contribution < 1.29 is 4.74 Å². The molecule has 2 atom stereocenters. The minimum absolute atomic E-state index is 0.532. The lowest BCUT2D eigenvalue weighted by molar-refractivity contribution is 0.370. The molecule has 1 heteroatoms. The van der Waals surface area contributed by atoms with Crippen molar-refractivity contribution >= 4 is 0 Å². The van der Waals surface area contributed by atoms with E-state index in [1.165, 1.54) is 18.4 Å². The molecular weight excluding hydrogens is 124 g/mol. The highest BCUT2D eigenvalue weighted by Crippen LogP contribution is 2.26. The molecule has 0 spiro atoms. The predicted molar refractivity (Wildman–Crippen MR) is 43.0 cm³/mol. The Morgan fingerprint density at radius 1 is 1.60 bits per heavy atom. The third-order valence-electron chi connectivity index (χ3n) is 2.15. The van der Waals surface area contributed by atoms with E-state index in [2.05, 4.69) is 26.8 Å². The molecule has 1 aliphatic heterocycles. The van der Waals surface area contributed by atoms with Crippen molar-refractivity contribution in [2.45, 2.75) is 45.8 Å². The Kier molecular flexibility index (Phi) is 2.50. The molecule has 1 nitrogen and oxygen atoms in total. The minimum Gasteiger partial charge on any atom is -0.370 e. The van der Waals surface area contributed by atoms with E-state index >= 15 is 0 Å². The fourth-order valence-electron chi connectivity index (χ4n) is 1.05. The zero-order valence-corrected chi connectivity index (χ0v) is 7.05. The molecule has 1 heterocycles. The van der Waals surface area contributed by atoms with Gasteiger partial charge in [0.15, 0.2) is 0 Å². The van der Waals surface area contributed by atoms with Crippen LogP contribution in [0.5, 0.6) is 0 Å². The van der Waals surface area contributed by atoms with Crippen molar-refractivity contribution in [3.8, 4) is 0 Å². The molecule has 0 saturated carbocycles. The molecule has 0 radical (unpaired) electrons. The summed E-state index contributed by atoms with van der Waals surface area (Å²) in [5.41, 5.74) is 1.47. The molecule has 0 bridgehead atoms. The van der Waals surface area contributed by atoms with Gasteiger partial charge in [-0.05, 0) is 33.6 Å². The maximum Gasteiger partial charge on any atom is 0.0842 e. The lowest BCUT2D eigenvalue weighted by Crippen LogP contribution is -1.89. The van der Waals surface area contributed by atoms with Crippen LogP contribution in [-0.2, 0) is 4.74 Å². The first-order chi connectivity index (χ1) is 4.74. The Balaban J connectivity index is 2.06. The SMILES string of the molecule is C/C=C(\C)CC[C@@H]1O[C@@H]1C. The molecule has 1 fully saturated rings. The number of hydrogen-bond acceptors (Lipinski definition) is 1. The van der Waals surface area contributed by atoms with Crippen LogP contribution in [0.3, 0.4) is 0 Å². The van der Waals surface area contributed by atoms with E-state index < -0.39 is 0 Å². The molecule has 1 aliphatic rings. The average molecular weight is 140 g/mol. The van der Waals surface area contributed by atoms with Gasteiger partial charge in [0.05, 0.1) is 12.2 Å². The van der Waals surface area contributed by atoms with Crippen molar-refractivity contribution in [3.63, 3.8) is 0 Å². The van der Waals surface area contributed by atoms with Gasteiger partial charge < -0.3 is 4.74 Å². The van der Waals surface area contributed by atoms with Gasteiger partial charge in [-0.2, -0.15) is 0 Å². The second kappa shape index (κ2) is 3.20. The molecule has 58 valence electrons. The van der Waals surface area contributed by atoms with Gasteiger partial charge in [-0.3, -0.25) is 0 Å². The Hall–Kier alpha value is -0.300. The maximum absolute atomic E-state index is 5.28. The summed E-state index contributed by atoms with van der Waals surface area (Å²) in [6.07, 6.45) is 5.68. The third kappa shape index (κ3) is 2.14. The van der Waals surface area contributed by atoms with Gasteiger partial charge >= 0.3 is 0 Å². The summed E-state index contributed by atoms with van der Waals surface area (Å²) in [7, 11) is 0. The molecule has 0 N–H and O–H groups in total. The van der Waals surface area contributed by atoms with Gasteiger partial charge in [-0.1, -0.05) is 11.6 Å². The Bertz CT molecular complexity index is 138.